The van der Waals surface area contributed by atoms with E-state index < -0.39 is 0 Å². The molecule has 0 bridgehead atoms. The van der Waals surface area contributed by atoms with Gasteiger partial charge in [0.05, 0.1) is 12.1 Å². The second kappa shape index (κ2) is 5.31. The monoisotopic (exact) mass is 246 g/mol. The number of aryl methyl sites for hydroxylation is 1. The highest BCUT2D eigenvalue weighted by Crippen LogP contribution is 2.15. The van der Waals surface area contributed by atoms with E-state index in [1.165, 1.54) is 0 Å². The van der Waals surface area contributed by atoms with Crippen molar-refractivity contribution in [3.05, 3.63) is 41.5 Å². The highest BCUT2D eigenvalue weighted by molar-refractivity contribution is 5.99. The molecule has 1 heterocycles. The minimum atomic E-state index is -0.139. The van der Waals surface area contributed by atoms with Crippen LogP contribution in [0.5, 0.6) is 0 Å². The Morgan fingerprint density at radius 2 is 2.17 bits per heavy atom. The van der Waals surface area contributed by atoms with Crippen LogP contribution in [-0.4, -0.2) is 23.1 Å². The molecule has 2 aromatic rings. The van der Waals surface area contributed by atoms with Gasteiger partial charge in [-0.25, -0.2) is 0 Å². The smallest absolute Gasteiger partial charge is 0.253 e. The van der Waals surface area contributed by atoms with E-state index in [1.54, 1.807) is 20.0 Å². The molecule has 6 heteroatoms. The van der Waals surface area contributed by atoms with Crippen LogP contribution in [0.3, 0.4) is 0 Å². The van der Waals surface area contributed by atoms with Crippen LogP contribution < -0.4 is 10.6 Å². The molecule has 0 fully saturated rings. The number of carbonyl (C=O) groups excluding carboxylic acids is 1. The predicted octanol–water partition coefficient (Wildman–Crippen LogP) is 1.35. The maximum atomic E-state index is 11.6. The minimum Gasteiger partial charge on any atom is -0.375 e. The molecular weight excluding hydrogens is 232 g/mol. The van der Waals surface area contributed by atoms with Crippen LogP contribution in [0.15, 0.2) is 28.8 Å². The Balaban J connectivity index is 2.11. The van der Waals surface area contributed by atoms with Gasteiger partial charge >= 0.3 is 0 Å². The number of carbonyl (C=O) groups is 1. The molecule has 0 spiro atoms. The molecule has 0 aliphatic heterocycles. The molecule has 0 radical (unpaired) electrons. The Hall–Kier alpha value is -2.37. The number of hydrogen-bond acceptors (Lipinski definition) is 5. The molecule has 0 saturated heterocycles. The summed E-state index contributed by atoms with van der Waals surface area (Å²) in [5.74, 6) is 0.936. The second-order valence-electron chi connectivity index (χ2n) is 3.71. The predicted molar refractivity (Wildman–Crippen MR) is 66.2 cm³/mol. The number of rotatable bonds is 4. The third-order valence-corrected chi connectivity index (χ3v) is 2.40. The lowest BCUT2D eigenvalue weighted by atomic mass is 10.1. The van der Waals surface area contributed by atoms with Gasteiger partial charge in [-0.2, -0.15) is 4.98 Å². The molecule has 0 aliphatic carbocycles. The average Bonchev–Trinajstić information content (AvgIpc) is 2.81. The number of aromatic nitrogens is 2. The molecule has 2 N–H and O–H groups in total. The van der Waals surface area contributed by atoms with E-state index in [-0.39, 0.29) is 5.91 Å². The maximum Gasteiger partial charge on any atom is 0.253 e. The summed E-state index contributed by atoms with van der Waals surface area (Å²) in [5.41, 5.74) is 1.31. The summed E-state index contributed by atoms with van der Waals surface area (Å²) >= 11 is 0. The number of hydrogen-bond donors (Lipinski definition) is 2. The van der Waals surface area contributed by atoms with E-state index in [0.717, 1.165) is 5.69 Å². The van der Waals surface area contributed by atoms with Crippen molar-refractivity contribution in [3.63, 3.8) is 0 Å². The van der Waals surface area contributed by atoms with Gasteiger partial charge in [-0.3, -0.25) is 4.79 Å². The summed E-state index contributed by atoms with van der Waals surface area (Å²) in [7, 11) is 1.60. The second-order valence-corrected chi connectivity index (χ2v) is 3.71. The summed E-state index contributed by atoms with van der Waals surface area (Å²) in [5, 5.41) is 9.39. The number of nitrogens with zero attached hydrogens (tertiary/aromatic N) is 2. The fraction of sp³-hybridized carbons (Fsp3) is 0.250. The lowest BCUT2D eigenvalue weighted by Gasteiger charge is -2.08. The summed E-state index contributed by atoms with van der Waals surface area (Å²) in [6.07, 6.45) is 0. The van der Waals surface area contributed by atoms with Gasteiger partial charge < -0.3 is 15.2 Å². The van der Waals surface area contributed by atoms with Crippen LogP contribution >= 0.6 is 0 Å². The fourth-order valence-electron chi connectivity index (χ4n) is 1.55. The number of para-hydroxylation sites is 1. The highest BCUT2D eigenvalue weighted by atomic mass is 16.5. The van der Waals surface area contributed by atoms with Crippen LogP contribution in [-0.2, 0) is 6.54 Å². The molecule has 1 aromatic heterocycles. The third kappa shape index (κ3) is 2.65. The molecular formula is C12H14N4O2. The van der Waals surface area contributed by atoms with Gasteiger partial charge in [-0.1, -0.05) is 17.3 Å². The van der Waals surface area contributed by atoms with E-state index in [1.807, 2.05) is 18.2 Å². The molecule has 0 aliphatic rings. The maximum absolute atomic E-state index is 11.6. The van der Waals surface area contributed by atoms with Crippen LogP contribution in [0.4, 0.5) is 5.69 Å². The van der Waals surface area contributed by atoms with Gasteiger partial charge in [0, 0.05) is 12.7 Å². The molecule has 94 valence electrons. The Kier molecular flexibility index (Phi) is 3.57. The normalized spacial score (nSPS) is 10.1. The van der Waals surface area contributed by atoms with Crippen LogP contribution in [0.2, 0.25) is 0 Å². The van der Waals surface area contributed by atoms with E-state index >= 15 is 0 Å². The van der Waals surface area contributed by atoms with E-state index in [4.69, 9.17) is 4.52 Å². The third-order valence-electron chi connectivity index (χ3n) is 2.40. The Labute approximate surface area is 104 Å². The molecule has 18 heavy (non-hydrogen) atoms. The summed E-state index contributed by atoms with van der Waals surface area (Å²) in [6.45, 7) is 2.14. The zero-order valence-electron chi connectivity index (χ0n) is 10.2. The first-order valence-electron chi connectivity index (χ1n) is 5.55. The van der Waals surface area contributed by atoms with Crippen molar-refractivity contribution >= 4 is 11.6 Å². The number of amides is 1. The summed E-state index contributed by atoms with van der Waals surface area (Å²) < 4.78 is 4.99. The highest BCUT2D eigenvalue weighted by Gasteiger charge is 2.09. The van der Waals surface area contributed by atoms with Crippen molar-refractivity contribution in [2.24, 2.45) is 0 Å². The van der Waals surface area contributed by atoms with Gasteiger partial charge in [0.2, 0.25) is 5.89 Å². The quantitative estimate of drug-likeness (QED) is 0.851. The first-order chi connectivity index (χ1) is 8.70. The van der Waals surface area contributed by atoms with E-state index in [2.05, 4.69) is 20.8 Å². The van der Waals surface area contributed by atoms with Crippen LogP contribution in [0.1, 0.15) is 22.1 Å². The molecule has 2 rings (SSSR count). The lowest BCUT2D eigenvalue weighted by Crippen LogP contribution is -2.19. The summed E-state index contributed by atoms with van der Waals surface area (Å²) in [6, 6.07) is 7.24. The van der Waals surface area contributed by atoms with Crippen LogP contribution in [0.25, 0.3) is 0 Å². The zero-order valence-corrected chi connectivity index (χ0v) is 10.2. The van der Waals surface area contributed by atoms with Crippen molar-refractivity contribution in [1.82, 2.24) is 15.5 Å². The van der Waals surface area contributed by atoms with Gasteiger partial charge in [-0.15, -0.1) is 0 Å². The number of anilines is 1. The minimum absolute atomic E-state index is 0.139. The zero-order chi connectivity index (χ0) is 13.0. The molecule has 1 amide bonds. The number of benzene rings is 1. The molecule has 0 atom stereocenters. The van der Waals surface area contributed by atoms with Crippen molar-refractivity contribution in [2.75, 3.05) is 12.4 Å². The van der Waals surface area contributed by atoms with Gasteiger partial charge in [0.25, 0.3) is 5.91 Å². The van der Waals surface area contributed by atoms with Crippen LogP contribution in [0, 0.1) is 6.92 Å². The van der Waals surface area contributed by atoms with E-state index in [9.17, 15) is 4.79 Å². The van der Waals surface area contributed by atoms with E-state index in [0.29, 0.717) is 23.8 Å². The SMILES string of the molecule is CNC(=O)c1ccccc1NCc1nc(C)no1. The van der Waals surface area contributed by atoms with Crippen molar-refractivity contribution in [2.45, 2.75) is 13.5 Å². The lowest BCUT2D eigenvalue weighted by molar-refractivity contribution is 0.0964. The van der Waals surface area contributed by atoms with Crippen molar-refractivity contribution < 1.29 is 9.32 Å². The molecule has 0 unspecified atom stereocenters. The Bertz CT molecular complexity index is 551. The Morgan fingerprint density at radius 1 is 1.39 bits per heavy atom. The number of nitrogens with one attached hydrogen (secondary N) is 2. The first kappa shape index (κ1) is 12.1. The largest absolute Gasteiger partial charge is 0.375 e. The first-order valence-corrected chi connectivity index (χ1v) is 5.55. The Morgan fingerprint density at radius 3 is 2.83 bits per heavy atom. The van der Waals surface area contributed by atoms with Gasteiger partial charge in [-0.05, 0) is 19.1 Å². The van der Waals surface area contributed by atoms with Crippen molar-refractivity contribution in [3.8, 4) is 0 Å². The van der Waals surface area contributed by atoms with Gasteiger partial charge in [0.15, 0.2) is 5.82 Å². The topological polar surface area (TPSA) is 80.0 Å². The summed E-state index contributed by atoms with van der Waals surface area (Å²) in [4.78, 5) is 15.7. The van der Waals surface area contributed by atoms with Gasteiger partial charge in [0.1, 0.15) is 0 Å². The molecule has 0 saturated carbocycles. The molecule has 6 nitrogen and oxygen atoms in total. The van der Waals surface area contributed by atoms with Crippen molar-refractivity contribution in [1.29, 1.82) is 0 Å². The molecule has 1 aromatic carbocycles. The fourth-order valence-corrected chi connectivity index (χ4v) is 1.55. The average molecular weight is 246 g/mol. The standard InChI is InChI=1S/C12H14N4O2/c1-8-15-11(18-16-8)7-14-10-6-4-3-5-9(10)12(17)13-2/h3-6,14H,7H2,1-2H3,(H,13,17).